The van der Waals surface area contributed by atoms with Crippen molar-refractivity contribution in [1.29, 1.82) is 0 Å². The zero-order chi connectivity index (χ0) is 13.0. The first-order valence-corrected chi connectivity index (χ1v) is 6.61. The maximum Gasteiger partial charge on any atom is 0.242 e. The number of hydrogen-bond donors (Lipinski definition) is 2. The van der Waals surface area contributed by atoms with Crippen molar-refractivity contribution in [3.63, 3.8) is 0 Å². The van der Waals surface area contributed by atoms with Gasteiger partial charge >= 0.3 is 0 Å². The number of likely N-dealkylation sites (tertiary alicyclic amines) is 1. The van der Waals surface area contributed by atoms with Gasteiger partial charge in [-0.25, -0.2) is 0 Å². The molecule has 2 fully saturated rings. The molecule has 0 aromatic carbocycles. The highest BCUT2D eigenvalue weighted by molar-refractivity contribution is 5.86. The zero-order valence-corrected chi connectivity index (χ0v) is 10.9. The fraction of sp³-hybridized carbons (Fsp3) is 0.833. The van der Waals surface area contributed by atoms with Gasteiger partial charge in [0.25, 0.3) is 0 Å². The molecular formula is C12H22N4O2. The predicted molar refractivity (Wildman–Crippen MR) is 68.1 cm³/mol. The Morgan fingerprint density at radius 2 is 2.00 bits per heavy atom. The van der Waals surface area contributed by atoms with Gasteiger partial charge in [-0.2, -0.15) is 0 Å². The van der Waals surface area contributed by atoms with E-state index in [1.165, 1.54) is 0 Å². The number of piperazine rings is 1. The Kier molecular flexibility index (Phi) is 4.54. The van der Waals surface area contributed by atoms with Gasteiger partial charge in [-0.05, 0) is 20.0 Å². The van der Waals surface area contributed by atoms with E-state index >= 15 is 0 Å². The molecule has 6 heteroatoms. The van der Waals surface area contributed by atoms with E-state index in [0.29, 0.717) is 0 Å². The Labute approximate surface area is 108 Å². The number of rotatable bonds is 3. The van der Waals surface area contributed by atoms with Crippen LogP contribution in [0.5, 0.6) is 0 Å². The van der Waals surface area contributed by atoms with Gasteiger partial charge in [0, 0.05) is 32.7 Å². The minimum atomic E-state index is 0.0165. The quantitative estimate of drug-likeness (QED) is 0.642. The lowest BCUT2D eigenvalue weighted by molar-refractivity contribution is -0.134. The largest absolute Gasteiger partial charge is 0.347 e. The predicted octanol–water partition coefficient (Wildman–Crippen LogP) is -1.51. The van der Waals surface area contributed by atoms with Crippen molar-refractivity contribution in [1.82, 2.24) is 20.4 Å². The third kappa shape index (κ3) is 3.43. The van der Waals surface area contributed by atoms with Crippen LogP contribution in [0.1, 0.15) is 6.42 Å². The molecule has 0 bridgehead atoms. The fourth-order valence-corrected chi connectivity index (χ4v) is 2.48. The van der Waals surface area contributed by atoms with E-state index < -0.39 is 0 Å². The van der Waals surface area contributed by atoms with Crippen LogP contribution < -0.4 is 10.6 Å². The smallest absolute Gasteiger partial charge is 0.242 e. The molecule has 2 N–H and O–H groups in total. The molecule has 0 aliphatic carbocycles. The molecule has 6 nitrogen and oxygen atoms in total. The molecule has 2 aliphatic rings. The number of nitrogens with one attached hydrogen (secondary N) is 2. The van der Waals surface area contributed by atoms with Crippen LogP contribution in [-0.4, -0.2) is 74.5 Å². The maximum atomic E-state index is 11.9. The van der Waals surface area contributed by atoms with Crippen LogP contribution in [0.25, 0.3) is 0 Å². The second-order valence-corrected chi connectivity index (χ2v) is 5.10. The Balaban J connectivity index is 1.70. The van der Waals surface area contributed by atoms with Crippen LogP contribution in [0.4, 0.5) is 0 Å². The van der Waals surface area contributed by atoms with Crippen molar-refractivity contribution in [2.75, 3.05) is 52.9 Å². The van der Waals surface area contributed by atoms with Crippen LogP contribution in [0.2, 0.25) is 0 Å². The highest BCUT2D eigenvalue weighted by Gasteiger charge is 2.26. The van der Waals surface area contributed by atoms with Crippen molar-refractivity contribution in [2.45, 2.75) is 6.42 Å². The normalized spacial score (nSPS) is 25.2. The molecule has 2 aliphatic heterocycles. The SMILES string of the molecule is CN1CCC(C(=O)NCC(=O)N2CCNCC2)C1. The summed E-state index contributed by atoms with van der Waals surface area (Å²) in [6, 6.07) is 0. The van der Waals surface area contributed by atoms with E-state index in [1.54, 1.807) is 4.90 Å². The van der Waals surface area contributed by atoms with Crippen LogP contribution in [0.15, 0.2) is 0 Å². The molecule has 0 aromatic heterocycles. The van der Waals surface area contributed by atoms with Crippen LogP contribution in [0, 0.1) is 5.92 Å². The Morgan fingerprint density at radius 3 is 2.61 bits per heavy atom. The molecule has 102 valence electrons. The van der Waals surface area contributed by atoms with Gasteiger partial charge in [-0.15, -0.1) is 0 Å². The first-order valence-electron chi connectivity index (χ1n) is 6.61. The molecule has 0 radical (unpaired) electrons. The number of nitrogens with zero attached hydrogens (tertiary/aromatic N) is 2. The Bertz CT molecular complexity index is 298. The van der Waals surface area contributed by atoms with E-state index in [1.807, 2.05) is 7.05 Å². The van der Waals surface area contributed by atoms with Crippen LogP contribution >= 0.6 is 0 Å². The summed E-state index contributed by atoms with van der Waals surface area (Å²) < 4.78 is 0. The topological polar surface area (TPSA) is 64.7 Å². The van der Waals surface area contributed by atoms with Crippen molar-refractivity contribution in [3.8, 4) is 0 Å². The number of hydrogen-bond acceptors (Lipinski definition) is 4. The average molecular weight is 254 g/mol. The lowest BCUT2D eigenvalue weighted by Gasteiger charge is -2.27. The van der Waals surface area contributed by atoms with Gasteiger partial charge < -0.3 is 20.4 Å². The Morgan fingerprint density at radius 1 is 1.28 bits per heavy atom. The average Bonchev–Trinajstić information content (AvgIpc) is 2.83. The lowest BCUT2D eigenvalue weighted by atomic mass is 10.1. The van der Waals surface area contributed by atoms with Gasteiger partial charge in [0.15, 0.2) is 0 Å². The maximum absolute atomic E-state index is 11.9. The molecule has 0 saturated carbocycles. The molecule has 1 unspecified atom stereocenters. The minimum absolute atomic E-state index is 0.0165. The summed E-state index contributed by atoms with van der Waals surface area (Å²) in [6.07, 6.45) is 0.893. The molecular weight excluding hydrogens is 232 g/mol. The summed E-state index contributed by atoms with van der Waals surface area (Å²) in [6.45, 7) is 5.05. The van der Waals surface area contributed by atoms with E-state index in [2.05, 4.69) is 15.5 Å². The molecule has 1 atom stereocenters. The van der Waals surface area contributed by atoms with Gasteiger partial charge in [0.1, 0.15) is 0 Å². The molecule has 2 amide bonds. The second kappa shape index (κ2) is 6.15. The van der Waals surface area contributed by atoms with Gasteiger partial charge in [-0.3, -0.25) is 9.59 Å². The van der Waals surface area contributed by atoms with Crippen LogP contribution in [0.3, 0.4) is 0 Å². The molecule has 0 spiro atoms. The summed E-state index contributed by atoms with van der Waals surface area (Å²) in [5.74, 6) is 0.0878. The molecule has 2 rings (SSSR count). The summed E-state index contributed by atoms with van der Waals surface area (Å²) in [4.78, 5) is 27.7. The fourth-order valence-electron chi connectivity index (χ4n) is 2.48. The van der Waals surface area contributed by atoms with Crippen molar-refractivity contribution < 1.29 is 9.59 Å². The summed E-state index contributed by atoms with van der Waals surface area (Å²) in [5.41, 5.74) is 0. The van der Waals surface area contributed by atoms with E-state index in [4.69, 9.17) is 0 Å². The molecule has 18 heavy (non-hydrogen) atoms. The monoisotopic (exact) mass is 254 g/mol. The number of amides is 2. The minimum Gasteiger partial charge on any atom is -0.347 e. The van der Waals surface area contributed by atoms with Crippen molar-refractivity contribution in [2.24, 2.45) is 5.92 Å². The molecule has 0 aromatic rings. The highest BCUT2D eigenvalue weighted by Crippen LogP contribution is 2.13. The summed E-state index contributed by atoms with van der Waals surface area (Å²) in [5, 5.41) is 5.96. The van der Waals surface area contributed by atoms with Gasteiger partial charge in [0.05, 0.1) is 12.5 Å². The van der Waals surface area contributed by atoms with Crippen molar-refractivity contribution in [3.05, 3.63) is 0 Å². The lowest BCUT2D eigenvalue weighted by Crippen LogP contribution is -2.50. The Hall–Kier alpha value is -1.14. The third-order valence-electron chi connectivity index (χ3n) is 3.65. The van der Waals surface area contributed by atoms with E-state index in [0.717, 1.165) is 45.7 Å². The molecule has 2 saturated heterocycles. The first-order chi connectivity index (χ1) is 8.66. The first kappa shape index (κ1) is 13.3. The summed E-state index contributed by atoms with van der Waals surface area (Å²) >= 11 is 0. The number of carbonyl (C=O) groups is 2. The van der Waals surface area contributed by atoms with Gasteiger partial charge in [-0.1, -0.05) is 0 Å². The second-order valence-electron chi connectivity index (χ2n) is 5.10. The van der Waals surface area contributed by atoms with Crippen LogP contribution in [-0.2, 0) is 9.59 Å². The standard InChI is InChI=1S/C12H22N4O2/c1-15-5-2-10(9-15)12(18)14-8-11(17)16-6-3-13-4-7-16/h10,13H,2-9H2,1H3,(H,14,18). The van der Waals surface area contributed by atoms with Gasteiger partial charge in [0.2, 0.25) is 11.8 Å². The van der Waals surface area contributed by atoms with E-state index in [9.17, 15) is 9.59 Å². The third-order valence-corrected chi connectivity index (χ3v) is 3.65. The molecule has 2 heterocycles. The number of carbonyl (C=O) groups excluding carboxylic acids is 2. The highest BCUT2D eigenvalue weighted by atomic mass is 16.2. The van der Waals surface area contributed by atoms with E-state index in [-0.39, 0.29) is 24.3 Å². The van der Waals surface area contributed by atoms with Crippen molar-refractivity contribution >= 4 is 11.8 Å². The zero-order valence-electron chi connectivity index (χ0n) is 10.9. The summed E-state index contributed by atoms with van der Waals surface area (Å²) in [7, 11) is 2.01.